The van der Waals surface area contributed by atoms with E-state index in [1.807, 2.05) is 13.8 Å². The largest absolute Gasteiger partial charge is 0.314 e. The first-order chi connectivity index (χ1) is 4.30. The summed E-state index contributed by atoms with van der Waals surface area (Å²) in [5, 5.41) is 3.37. The van der Waals surface area contributed by atoms with E-state index in [1.54, 1.807) is 0 Å². The average molecular weight is 129 g/mol. The molecule has 0 bridgehead atoms. The Morgan fingerprint density at radius 2 is 1.78 bits per heavy atom. The second-order valence-corrected chi connectivity index (χ2v) is 2.51. The van der Waals surface area contributed by atoms with E-state index in [4.69, 9.17) is 0 Å². The predicted molar refractivity (Wildman–Crippen MR) is 42.6 cm³/mol. The molecule has 0 spiro atoms. The van der Waals surface area contributed by atoms with Crippen LogP contribution in [0.2, 0.25) is 0 Å². The normalized spacial score (nSPS) is 33.3. The molecule has 56 valence electrons. The van der Waals surface area contributed by atoms with Crippen molar-refractivity contribution in [2.75, 3.05) is 6.54 Å². The molecule has 1 heterocycles. The van der Waals surface area contributed by atoms with E-state index in [9.17, 15) is 0 Å². The van der Waals surface area contributed by atoms with Gasteiger partial charge in [0.15, 0.2) is 0 Å². The van der Waals surface area contributed by atoms with Crippen LogP contribution in [0.5, 0.6) is 0 Å². The Labute approximate surface area is 58.8 Å². The highest BCUT2D eigenvalue weighted by atomic mass is 14.9. The standard InChI is InChI=1S/C6H13N.C2H6/c1-5-3-4-7-6(5)2;1-2/h5-7H,3-4H2,1-2H3;1-2H3. The fourth-order valence-corrected chi connectivity index (χ4v) is 0.990. The second kappa shape index (κ2) is 4.80. The molecule has 1 aliphatic rings. The Kier molecular flexibility index (Phi) is 4.78. The Bertz CT molecular complexity index is 53.6. The predicted octanol–water partition coefficient (Wildman–Crippen LogP) is 2.03. The molecule has 0 amide bonds. The maximum atomic E-state index is 3.37. The zero-order valence-electron chi connectivity index (χ0n) is 7.07. The molecule has 0 aromatic rings. The summed E-state index contributed by atoms with van der Waals surface area (Å²) in [5.41, 5.74) is 0. The fraction of sp³-hybridized carbons (Fsp3) is 1.00. The van der Waals surface area contributed by atoms with E-state index in [1.165, 1.54) is 13.0 Å². The van der Waals surface area contributed by atoms with Gasteiger partial charge in [0, 0.05) is 6.04 Å². The molecule has 1 aliphatic heterocycles. The molecule has 0 radical (unpaired) electrons. The summed E-state index contributed by atoms with van der Waals surface area (Å²) in [6, 6.07) is 0.764. The lowest BCUT2D eigenvalue weighted by atomic mass is 10.1. The summed E-state index contributed by atoms with van der Waals surface area (Å²) < 4.78 is 0. The summed E-state index contributed by atoms with van der Waals surface area (Å²) in [4.78, 5) is 0. The monoisotopic (exact) mass is 129 g/mol. The Hall–Kier alpha value is -0.0400. The highest BCUT2D eigenvalue weighted by molar-refractivity contribution is 4.75. The van der Waals surface area contributed by atoms with Crippen molar-refractivity contribution >= 4 is 0 Å². The molecule has 0 aromatic heterocycles. The smallest absolute Gasteiger partial charge is 0.00648 e. The van der Waals surface area contributed by atoms with Gasteiger partial charge in [-0.05, 0) is 25.8 Å². The van der Waals surface area contributed by atoms with E-state index in [0.717, 1.165) is 12.0 Å². The van der Waals surface area contributed by atoms with Crippen LogP contribution in [0.15, 0.2) is 0 Å². The third-order valence-corrected chi connectivity index (χ3v) is 1.92. The first-order valence-corrected chi connectivity index (χ1v) is 4.04. The van der Waals surface area contributed by atoms with Gasteiger partial charge in [0.25, 0.3) is 0 Å². The van der Waals surface area contributed by atoms with Gasteiger partial charge in [0.2, 0.25) is 0 Å². The van der Waals surface area contributed by atoms with E-state index < -0.39 is 0 Å². The Morgan fingerprint density at radius 1 is 1.22 bits per heavy atom. The molecule has 2 atom stereocenters. The van der Waals surface area contributed by atoms with Gasteiger partial charge in [0.1, 0.15) is 0 Å². The third-order valence-electron chi connectivity index (χ3n) is 1.92. The molecule has 1 saturated heterocycles. The molecular weight excluding hydrogens is 110 g/mol. The van der Waals surface area contributed by atoms with Crippen LogP contribution in [0.4, 0.5) is 0 Å². The van der Waals surface area contributed by atoms with Crippen molar-refractivity contribution in [2.24, 2.45) is 5.92 Å². The van der Waals surface area contributed by atoms with Crippen LogP contribution >= 0.6 is 0 Å². The van der Waals surface area contributed by atoms with Gasteiger partial charge in [-0.1, -0.05) is 20.8 Å². The molecule has 1 fully saturated rings. The molecular formula is C8H19N. The molecule has 0 aliphatic carbocycles. The minimum Gasteiger partial charge on any atom is -0.314 e. The van der Waals surface area contributed by atoms with Crippen molar-refractivity contribution in [1.29, 1.82) is 0 Å². The van der Waals surface area contributed by atoms with Crippen molar-refractivity contribution < 1.29 is 0 Å². The highest BCUT2D eigenvalue weighted by Crippen LogP contribution is 2.12. The van der Waals surface area contributed by atoms with E-state index in [-0.39, 0.29) is 0 Å². The average Bonchev–Trinajstić information content (AvgIpc) is 2.23. The molecule has 2 unspecified atom stereocenters. The SMILES string of the molecule is CC.CC1CCNC1C. The molecule has 9 heavy (non-hydrogen) atoms. The van der Waals surface area contributed by atoms with Gasteiger partial charge in [-0.2, -0.15) is 0 Å². The van der Waals surface area contributed by atoms with Gasteiger partial charge in [-0.3, -0.25) is 0 Å². The summed E-state index contributed by atoms with van der Waals surface area (Å²) in [6.45, 7) is 9.77. The van der Waals surface area contributed by atoms with Gasteiger partial charge >= 0.3 is 0 Å². The minimum atomic E-state index is 0.764. The lowest BCUT2D eigenvalue weighted by Crippen LogP contribution is -2.20. The van der Waals surface area contributed by atoms with Crippen LogP contribution in [-0.4, -0.2) is 12.6 Å². The summed E-state index contributed by atoms with van der Waals surface area (Å²) >= 11 is 0. The molecule has 1 nitrogen and oxygen atoms in total. The van der Waals surface area contributed by atoms with Gasteiger partial charge in [-0.15, -0.1) is 0 Å². The van der Waals surface area contributed by atoms with Crippen molar-refractivity contribution in [3.05, 3.63) is 0 Å². The zero-order chi connectivity index (χ0) is 7.28. The highest BCUT2D eigenvalue weighted by Gasteiger charge is 2.16. The maximum Gasteiger partial charge on any atom is 0.00648 e. The van der Waals surface area contributed by atoms with E-state index in [0.29, 0.717) is 0 Å². The second-order valence-electron chi connectivity index (χ2n) is 2.51. The number of nitrogens with one attached hydrogen (secondary N) is 1. The van der Waals surface area contributed by atoms with Crippen LogP contribution in [0, 0.1) is 5.92 Å². The summed E-state index contributed by atoms with van der Waals surface area (Å²) in [5.74, 6) is 0.903. The quantitative estimate of drug-likeness (QED) is 0.527. The van der Waals surface area contributed by atoms with Gasteiger partial charge < -0.3 is 5.32 Å². The van der Waals surface area contributed by atoms with E-state index >= 15 is 0 Å². The minimum absolute atomic E-state index is 0.764. The number of rotatable bonds is 0. The Balaban J connectivity index is 0.000000291. The first-order valence-electron chi connectivity index (χ1n) is 4.04. The molecule has 1 heteroatoms. The molecule has 1 N–H and O–H groups in total. The first kappa shape index (κ1) is 8.96. The maximum absolute atomic E-state index is 3.37. The van der Waals surface area contributed by atoms with E-state index in [2.05, 4.69) is 19.2 Å². The Morgan fingerprint density at radius 3 is 1.89 bits per heavy atom. The van der Waals surface area contributed by atoms with Crippen molar-refractivity contribution in [3.8, 4) is 0 Å². The topological polar surface area (TPSA) is 12.0 Å². The van der Waals surface area contributed by atoms with Crippen LogP contribution in [-0.2, 0) is 0 Å². The number of hydrogen-bond acceptors (Lipinski definition) is 1. The van der Waals surface area contributed by atoms with Crippen molar-refractivity contribution in [3.63, 3.8) is 0 Å². The third kappa shape index (κ3) is 2.85. The lowest BCUT2D eigenvalue weighted by molar-refractivity contribution is 0.519. The van der Waals surface area contributed by atoms with Crippen LogP contribution in [0.1, 0.15) is 34.1 Å². The summed E-state index contributed by atoms with van der Waals surface area (Å²) in [7, 11) is 0. The van der Waals surface area contributed by atoms with Crippen LogP contribution < -0.4 is 5.32 Å². The number of hydrogen-bond donors (Lipinski definition) is 1. The molecule has 0 aromatic carbocycles. The van der Waals surface area contributed by atoms with Crippen LogP contribution in [0.25, 0.3) is 0 Å². The molecule has 0 saturated carbocycles. The van der Waals surface area contributed by atoms with Crippen LogP contribution in [0.3, 0.4) is 0 Å². The fourth-order valence-electron chi connectivity index (χ4n) is 0.990. The lowest BCUT2D eigenvalue weighted by Gasteiger charge is -2.05. The summed E-state index contributed by atoms with van der Waals surface area (Å²) in [6.07, 6.45) is 1.36. The van der Waals surface area contributed by atoms with Gasteiger partial charge in [-0.25, -0.2) is 0 Å². The van der Waals surface area contributed by atoms with Crippen molar-refractivity contribution in [2.45, 2.75) is 40.2 Å². The zero-order valence-corrected chi connectivity index (χ0v) is 7.07. The van der Waals surface area contributed by atoms with Crippen molar-refractivity contribution in [1.82, 2.24) is 5.32 Å². The van der Waals surface area contributed by atoms with Gasteiger partial charge in [0.05, 0.1) is 0 Å². The molecule has 1 rings (SSSR count).